The van der Waals surface area contributed by atoms with Gasteiger partial charge in [-0.15, -0.1) is 0 Å². The van der Waals surface area contributed by atoms with Crippen molar-refractivity contribution >= 4 is 34.3 Å². The number of rotatable bonds is 6. The quantitative estimate of drug-likeness (QED) is 0.138. The third kappa shape index (κ3) is 7.21. The minimum atomic E-state index is -0.322. The van der Waals surface area contributed by atoms with Crippen LogP contribution < -0.4 is 10.6 Å². The second-order valence-corrected chi connectivity index (χ2v) is 14.8. The second kappa shape index (κ2) is 13.4. The molecule has 0 spiro atoms. The van der Waals surface area contributed by atoms with Gasteiger partial charge >= 0.3 is 0 Å². The van der Waals surface area contributed by atoms with Crippen molar-refractivity contribution in [1.82, 2.24) is 24.9 Å². The Morgan fingerprint density at radius 2 is 1.22 bits per heavy atom. The molecule has 4 heterocycles. The van der Waals surface area contributed by atoms with Gasteiger partial charge in [-0.05, 0) is 72.2 Å². The van der Waals surface area contributed by atoms with Crippen LogP contribution in [0.1, 0.15) is 72.6 Å². The zero-order valence-corrected chi connectivity index (χ0v) is 29.1. The standard InChI is InChI=1S/C21H20FN3O.C20H20N4O/c1-21(2)11-16-18(17(26)12-21)20(24-15-5-3-4-14(22)10-15)19(25-16)13-6-8-23-9-7-13;1-20(2)10-15-17(16(25)11-20)19(23-13-6-4-3-5-7-13)18(24-15)14-8-9-21-12-22-14/h3-10,24-25H,11-12H2,1-2H3;3-9,12,23-24H,10-11H2,1-2H3. The zero-order valence-electron chi connectivity index (χ0n) is 29.1. The molecule has 0 saturated carbocycles. The number of Topliss-reactive ketones (excluding diaryl/α,β-unsaturated/α-hetero) is 2. The molecule has 0 radical (unpaired) electrons. The highest BCUT2D eigenvalue weighted by Gasteiger charge is 2.37. The number of anilines is 4. The summed E-state index contributed by atoms with van der Waals surface area (Å²) < 4.78 is 13.6. The topological polar surface area (TPSA) is 128 Å². The van der Waals surface area contributed by atoms with E-state index < -0.39 is 0 Å². The van der Waals surface area contributed by atoms with E-state index >= 15 is 0 Å². The third-order valence-electron chi connectivity index (χ3n) is 9.25. The van der Waals surface area contributed by atoms with Crippen molar-refractivity contribution in [3.8, 4) is 22.6 Å². The predicted molar refractivity (Wildman–Crippen MR) is 198 cm³/mol. The Kier molecular flexibility index (Phi) is 8.85. The van der Waals surface area contributed by atoms with E-state index in [-0.39, 0.29) is 28.2 Å². The molecule has 51 heavy (non-hydrogen) atoms. The summed E-state index contributed by atoms with van der Waals surface area (Å²) in [5.41, 5.74) is 9.65. The van der Waals surface area contributed by atoms with E-state index in [4.69, 9.17) is 0 Å². The Hall–Kier alpha value is -5.90. The van der Waals surface area contributed by atoms with Gasteiger partial charge in [-0.25, -0.2) is 14.4 Å². The van der Waals surface area contributed by atoms with Crippen molar-refractivity contribution in [2.45, 2.75) is 53.4 Å². The summed E-state index contributed by atoms with van der Waals surface area (Å²) in [6.07, 6.45) is 9.32. The number of hydrogen-bond donors (Lipinski definition) is 4. The maximum Gasteiger partial charge on any atom is 0.167 e. The van der Waals surface area contributed by atoms with E-state index in [1.54, 1.807) is 30.7 Å². The fourth-order valence-electron chi connectivity index (χ4n) is 7.10. The summed E-state index contributed by atoms with van der Waals surface area (Å²) in [7, 11) is 0. The minimum absolute atomic E-state index is 0.0398. The molecule has 0 saturated heterocycles. The number of halogens is 1. The summed E-state index contributed by atoms with van der Waals surface area (Å²) in [6, 6.07) is 21.8. The van der Waals surface area contributed by atoms with Gasteiger partial charge in [0.25, 0.3) is 0 Å². The van der Waals surface area contributed by atoms with Crippen molar-refractivity contribution in [3.05, 3.63) is 126 Å². The molecule has 0 unspecified atom stereocenters. The monoisotopic (exact) mass is 681 g/mol. The summed E-state index contributed by atoms with van der Waals surface area (Å²) in [5.74, 6) is -0.0507. The van der Waals surface area contributed by atoms with Crippen LogP contribution in [0, 0.1) is 16.6 Å². The van der Waals surface area contributed by atoms with E-state index in [1.165, 1.54) is 18.5 Å². The van der Waals surface area contributed by atoms with Crippen molar-refractivity contribution in [2.24, 2.45) is 10.8 Å². The van der Waals surface area contributed by atoms with Crippen molar-refractivity contribution in [3.63, 3.8) is 0 Å². The summed E-state index contributed by atoms with van der Waals surface area (Å²) in [6.45, 7) is 8.45. The molecule has 0 bridgehead atoms. The van der Waals surface area contributed by atoms with Gasteiger partial charge in [-0.1, -0.05) is 52.0 Å². The van der Waals surface area contributed by atoms with Crippen LogP contribution in [0.5, 0.6) is 0 Å². The molecule has 0 atom stereocenters. The van der Waals surface area contributed by atoms with Crippen LogP contribution in [0.3, 0.4) is 0 Å². The van der Waals surface area contributed by atoms with E-state index in [0.717, 1.165) is 63.8 Å². The average Bonchev–Trinajstić information content (AvgIpc) is 3.63. The van der Waals surface area contributed by atoms with E-state index in [9.17, 15) is 14.0 Å². The number of aromatic nitrogens is 5. The molecule has 6 aromatic rings. The smallest absolute Gasteiger partial charge is 0.167 e. The molecule has 4 N–H and O–H groups in total. The third-order valence-corrected chi connectivity index (χ3v) is 9.25. The van der Waals surface area contributed by atoms with Crippen molar-refractivity contribution < 1.29 is 14.0 Å². The molecule has 0 fully saturated rings. The average molecular weight is 682 g/mol. The van der Waals surface area contributed by atoms with Gasteiger partial charge in [0, 0.05) is 59.8 Å². The summed E-state index contributed by atoms with van der Waals surface area (Å²) in [4.78, 5) is 45.0. The number of aromatic amines is 2. The molecule has 8 rings (SSSR count). The van der Waals surface area contributed by atoms with Crippen LogP contribution in [-0.2, 0) is 12.8 Å². The first-order valence-electron chi connectivity index (χ1n) is 17.0. The molecule has 0 aliphatic heterocycles. The highest BCUT2D eigenvalue weighted by molar-refractivity contribution is 6.08. The van der Waals surface area contributed by atoms with E-state index in [2.05, 4.69) is 63.2 Å². The van der Waals surface area contributed by atoms with Gasteiger partial charge in [-0.3, -0.25) is 14.6 Å². The molecule has 10 heteroatoms. The minimum Gasteiger partial charge on any atom is -0.356 e. The fourth-order valence-corrected chi connectivity index (χ4v) is 7.10. The lowest BCUT2D eigenvalue weighted by atomic mass is 9.76. The van der Waals surface area contributed by atoms with E-state index in [0.29, 0.717) is 29.8 Å². The Bertz CT molecular complexity index is 2210. The molecule has 9 nitrogen and oxygen atoms in total. The summed E-state index contributed by atoms with van der Waals surface area (Å²) >= 11 is 0. The molecular weight excluding hydrogens is 641 g/mol. The zero-order chi connectivity index (χ0) is 35.8. The van der Waals surface area contributed by atoms with Crippen LogP contribution in [0.4, 0.5) is 27.1 Å². The maximum atomic E-state index is 13.6. The molecule has 2 aliphatic carbocycles. The first kappa shape index (κ1) is 33.6. The highest BCUT2D eigenvalue weighted by Crippen LogP contribution is 2.44. The fraction of sp³-hybridized carbons (Fsp3) is 0.244. The van der Waals surface area contributed by atoms with Crippen LogP contribution in [0.25, 0.3) is 22.6 Å². The SMILES string of the molecule is CC1(C)CC(=O)c2c([nH]c(-c3ccncc3)c2Nc2cccc(F)c2)C1.CC1(C)CC(=O)c2c([nH]c(-c3ccncn3)c2Nc2ccccc2)C1. The number of ketones is 2. The predicted octanol–water partition coefficient (Wildman–Crippen LogP) is 9.48. The number of hydrogen-bond acceptors (Lipinski definition) is 7. The van der Waals surface area contributed by atoms with Gasteiger partial charge in [0.15, 0.2) is 11.6 Å². The molecule has 258 valence electrons. The Morgan fingerprint density at radius 3 is 1.82 bits per heavy atom. The van der Waals surface area contributed by atoms with Gasteiger partial charge < -0.3 is 20.6 Å². The van der Waals surface area contributed by atoms with Crippen molar-refractivity contribution in [1.29, 1.82) is 0 Å². The molecule has 2 aromatic carbocycles. The van der Waals surface area contributed by atoms with Crippen molar-refractivity contribution in [2.75, 3.05) is 10.6 Å². The number of pyridine rings is 1. The second-order valence-electron chi connectivity index (χ2n) is 14.8. The number of carbonyl (C=O) groups is 2. The highest BCUT2D eigenvalue weighted by atomic mass is 19.1. The summed E-state index contributed by atoms with van der Waals surface area (Å²) in [5, 5.41) is 6.69. The lowest BCUT2D eigenvalue weighted by Crippen LogP contribution is -2.26. The van der Waals surface area contributed by atoms with Crippen LogP contribution in [0.2, 0.25) is 0 Å². The number of para-hydroxylation sites is 1. The lowest BCUT2D eigenvalue weighted by molar-refractivity contribution is 0.0903. The first-order chi connectivity index (χ1) is 24.5. The van der Waals surface area contributed by atoms with E-state index in [1.807, 2.05) is 48.5 Å². The van der Waals surface area contributed by atoms with Crippen LogP contribution in [-0.4, -0.2) is 36.5 Å². The number of H-pyrrole nitrogens is 2. The number of nitrogens with zero attached hydrogens (tertiary/aromatic N) is 3. The van der Waals surface area contributed by atoms with Gasteiger partial charge in [0.2, 0.25) is 0 Å². The van der Waals surface area contributed by atoms with Gasteiger partial charge in [-0.2, -0.15) is 0 Å². The molecule has 2 aliphatic rings. The normalized spacial score (nSPS) is 15.6. The Balaban J connectivity index is 0.000000159. The Labute approximate surface area is 296 Å². The molecule has 4 aromatic heterocycles. The Morgan fingerprint density at radius 1 is 0.647 bits per heavy atom. The largest absolute Gasteiger partial charge is 0.356 e. The van der Waals surface area contributed by atoms with Gasteiger partial charge in [0.1, 0.15) is 12.1 Å². The molecular formula is C41H40FN7O2. The maximum absolute atomic E-state index is 13.6. The lowest BCUT2D eigenvalue weighted by Gasteiger charge is -2.28. The first-order valence-corrected chi connectivity index (χ1v) is 17.0. The van der Waals surface area contributed by atoms with Crippen LogP contribution >= 0.6 is 0 Å². The number of benzene rings is 2. The van der Waals surface area contributed by atoms with Gasteiger partial charge in [0.05, 0.1) is 39.6 Å². The van der Waals surface area contributed by atoms with Crippen LogP contribution in [0.15, 0.2) is 97.7 Å². The number of nitrogens with one attached hydrogen (secondary N) is 4. The molecule has 0 amide bonds. The number of carbonyl (C=O) groups excluding carboxylic acids is 2. The number of fused-ring (bicyclic) bond motifs is 2.